The van der Waals surface area contributed by atoms with Crippen molar-refractivity contribution in [1.29, 1.82) is 0 Å². The summed E-state index contributed by atoms with van der Waals surface area (Å²) in [5, 5.41) is 6.48. The molecular weight excluding hydrogens is 314 g/mol. The van der Waals surface area contributed by atoms with Gasteiger partial charge in [0, 0.05) is 30.8 Å². The number of halogens is 2. The van der Waals surface area contributed by atoms with Gasteiger partial charge in [0.1, 0.15) is 12.2 Å². The van der Waals surface area contributed by atoms with E-state index in [-0.39, 0.29) is 18.9 Å². The van der Waals surface area contributed by atoms with E-state index in [1.807, 2.05) is 0 Å². The van der Waals surface area contributed by atoms with Gasteiger partial charge < -0.3 is 0 Å². The maximum Gasteiger partial charge on any atom is 0.253 e. The molecule has 6 nitrogen and oxygen atoms in total. The summed E-state index contributed by atoms with van der Waals surface area (Å²) in [5.41, 5.74) is -1.61. The minimum absolute atomic E-state index is 0.0629. The fourth-order valence-electron chi connectivity index (χ4n) is 2.75. The predicted molar refractivity (Wildman–Crippen MR) is 78.1 cm³/mol. The second-order valence-corrected chi connectivity index (χ2v) is 8.38. The van der Waals surface area contributed by atoms with Crippen LogP contribution in [0.15, 0.2) is 6.33 Å². The number of nitrogens with one attached hydrogen (secondary N) is 1. The summed E-state index contributed by atoms with van der Waals surface area (Å²) in [4.78, 5) is 4.03. The van der Waals surface area contributed by atoms with Crippen LogP contribution >= 0.6 is 0 Å². The average Bonchev–Trinajstić information content (AvgIpc) is 3.08. The quantitative estimate of drug-likeness (QED) is 0.862. The Balaban J connectivity index is 2.09. The highest BCUT2D eigenvalue weighted by atomic mass is 32.2. The molecule has 1 fully saturated rings. The molecule has 0 spiro atoms. The Labute approximate surface area is 129 Å². The van der Waals surface area contributed by atoms with E-state index in [1.54, 1.807) is 0 Å². The molecule has 9 heteroatoms. The lowest BCUT2D eigenvalue weighted by molar-refractivity contribution is -0.0971. The third kappa shape index (κ3) is 3.29. The molecule has 2 heterocycles. The fraction of sp³-hybridized carbons (Fsp3) is 0.846. The van der Waals surface area contributed by atoms with Crippen LogP contribution in [0.4, 0.5) is 8.78 Å². The molecule has 0 amide bonds. The van der Waals surface area contributed by atoms with Crippen molar-refractivity contribution >= 4 is 10.0 Å². The van der Waals surface area contributed by atoms with Gasteiger partial charge in [0.2, 0.25) is 10.0 Å². The molecular formula is C13H22F2N4O2S. The van der Waals surface area contributed by atoms with Crippen molar-refractivity contribution in [3.63, 3.8) is 0 Å². The topological polar surface area (TPSA) is 79.0 Å². The van der Waals surface area contributed by atoms with Crippen LogP contribution in [0.2, 0.25) is 0 Å². The van der Waals surface area contributed by atoms with Crippen LogP contribution in [0.3, 0.4) is 0 Å². The summed E-state index contributed by atoms with van der Waals surface area (Å²) in [7, 11) is -3.74. The standard InChI is InChI=1S/C13H22F2N4O2S/c1-4-13(14,15)12(2,3)8-22(20,21)19-6-5-10(7-19)11-16-9-17-18-11/h9-10H,4-8H2,1-3H3,(H,16,17,18). The molecule has 2 rings (SSSR count). The second kappa shape index (κ2) is 5.84. The highest BCUT2D eigenvalue weighted by Gasteiger charge is 2.49. The van der Waals surface area contributed by atoms with Gasteiger partial charge in [-0.2, -0.15) is 5.10 Å². The first-order valence-electron chi connectivity index (χ1n) is 7.30. The van der Waals surface area contributed by atoms with E-state index in [0.29, 0.717) is 18.8 Å². The molecule has 0 aliphatic carbocycles. The molecule has 1 aliphatic heterocycles. The van der Waals surface area contributed by atoms with Crippen LogP contribution < -0.4 is 0 Å². The molecule has 1 aromatic heterocycles. The van der Waals surface area contributed by atoms with Gasteiger partial charge in [-0.3, -0.25) is 5.10 Å². The van der Waals surface area contributed by atoms with Crippen molar-refractivity contribution in [1.82, 2.24) is 19.5 Å². The number of aromatic amines is 1. The van der Waals surface area contributed by atoms with E-state index >= 15 is 0 Å². The summed E-state index contributed by atoms with van der Waals surface area (Å²) in [6.45, 7) is 4.55. The van der Waals surface area contributed by atoms with Crippen molar-refractivity contribution in [3.05, 3.63) is 12.2 Å². The molecule has 1 aromatic rings. The van der Waals surface area contributed by atoms with Gasteiger partial charge in [0.25, 0.3) is 5.92 Å². The zero-order valence-electron chi connectivity index (χ0n) is 13.0. The third-order valence-corrected chi connectivity index (χ3v) is 6.55. The smallest absolute Gasteiger partial charge is 0.253 e. The molecule has 0 aromatic carbocycles. The minimum Gasteiger partial charge on any atom is -0.263 e. The number of H-pyrrole nitrogens is 1. The fourth-order valence-corrected chi connectivity index (χ4v) is 4.84. The maximum atomic E-state index is 13.9. The zero-order chi connectivity index (χ0) is 16.6. The van der Waals surface area contributed by atoms with Crippen molar-refractivity contribution in [2.45, 2.75) is 45.5 Å². The Hall–Kier alpha value is -1.09. The molecule has 22 heavy (non-hydrogen) atoms. The Morgan fingerprint density at radius 2 is 2.14 bits per heavy atom. The number of rotatable bonds is 6. The molecule has 0 radical (unpaired) electrons. The Morgan fingerprint density at radius 3 is 2.68 bits per heavy atom. The van der Waals surface area contributed by atoms with Gasteiger partial charge in [-0.1, -0.05) is 20.8 Å². The lowest BCUT2D eigenvalue weighted by Crippen LogP contribution is -2.45. The SMILES string of the molecule is CCC(F)(F)C(C)(C)CS(=O)(=O)N1CCC(c2ncn[nH]2)C1. The van der Waals surface area contributed by atoms with Gasteiger partial charge in [-0.15, -0.1) is 0 Å². The summed E-state index contributed by atoms with van der Waals surface area (Å²) in [5.74, 6) is -3.02. The van der Waals surface area contributed by atoms with Gasteiger partial charge >= 0.3 is 0 Å². The van der Waals surface area contributed by atoms with Crippen LogP contribution in [0.1, 0.15) is 45.4 Å². The van der Waals surface area contributed by atoms with E-state index in [1.165, 1.54) is 31.4 Å². The van der Waals surface area contributed by atoms with Crippen LogP contribution in [0.25, 0.3) is 0 Å². The van der Waals surface area contributed by atoms with E-state index in [4.69, 9.17) is 0 Å². The van der Waals surface area contributed by atoms with Crippen LogP contribution in [0, 0.1) is 5.41 Å². The highest BCUT2D eigenvalue weighted by molar-refractivity contribution is 7.89. The minimum atomic E-state index is -3.74. The largest absolute Gasteiger partial charge is 0.263 e. The summed E-state index contributed by atoms with van der Waals surface area (Å²) in [6.07, 6.45) is 1.60. The normalized spacial score (nSPS) is 21.4. The zero-order valence-corrected chi connectivity index (χ0v) is 13.8. The van der Waals surface area contributed by atoms with Gasteiger partial charge in [-0.05, 0) is 6.42 Å². The molecule has 1 saturated heterocycles. The first kappa shape index (κ1) is 17.3. The van der Waals surface area contributed by atoms with Crippen molar-refractivity contribution in [3.8, 4) is 0 Å². The lowest BCUT2D eigenvalue weighted by atomic mass is 9.86. The van der Waals surface area contributed by atoms with E-state index in [2.05, 4.69) is 15.2 Å². The van der Waals surface area contributed by atoms with Crippen molar-refractivity contribution in [2.24, 2.45) is 5.41 Å². The number of sulfonamides is 1. The first-order chi connectivity index (χ1) is 10.1. The predicted octanol–water partition coefficient (Wildman–Crippen LogP) is 2.00. The highest BCUT2D eigenvalue weighted by Crippen LogP contribution is 2.41. The monoisotopic (exact) mass is 336 g/mol. The van der Waals surface area contributed by atoms with Crippen LogP contribution in [-0.4, -0.2) is 52.7 Å². The number of aromatic nitrogens is 3. The second-order valence-electron chi connectivity index (χ2n) is 6.41. The molecule has 126 valence electrons. The molecule has 0 saturated carbocycles. The first-order valence-corrected chi connectivity index (χ1v) is 8.91. The van der Waals surface area contributed by atoms with Crippen molar-refractivity contribution in [2.75, 3.05) is 18.8 Å². The van der Waals surface area contributed by atoms with Gasteiger partial charge in [0.05, 0.1) is 5.75 Å². The summed E-state index contributed by atoms with van der Waals surface area (Å²) >= 11 is 0. The summed E-state index contributed by atoms with van der Waals surface area (Å²) in [6, 6.07) is 0. The molecule has 0 bridgehead atoms. The molecule has 1 N–H and O–H groups in total. The number of nitrogens with zero attached hydrogens (tertiary/aromatic N) is 3. The lowest BCUT2D eigenvalue weighted by Gasteiger charge is -2.34. The number of hydrogen-bond acceptors (Lipinski definition) is 4. The number of hydrogen-bond donors (Lipinski definition) is 1. The van der Waals surface area contributed by atoms with Crippen LogP contribution in [-0.2, 0) is 10.0 Å². The van der Waals surface area contributed by atoms with Crippen LogP contribution in [0.5, 0.6) is 0 Å². The van der Waals surface area contributed by atoms with Gasteiger partial charge in [0.15, 0.2) is 0 Å². The average molecular weight is 336 g/mol. The summed E-state index contributed by atoms with van der Waals surface area (Å²) < 4.78 is 54.1. The molecule has 1 aliphatic rings. The maximum absolute atomic E-state index is 13.9. The Bertz CT molecular complexity index is 602. The Kier molecular flexibility index (Phi) is 4.59. The Morgan fingerprint density at radius 1 is 1.45 bits per heavy atom. The number of alkyl halides is 2. The third-order valence-electron chi connectivity index (χ3n) is 4.34. The van der Waals surface area contributed by atoms with E-state index < -0.39 is 27.1 Å². The van der Waals surface area contributed by atoms with Gasteiger partial charge in [-0.25, -0.2) is 26.5 Å². The van der Waals surface area contributed by atoms with E-state index in [9.17, 15) is 17.2 Å². The molecule has 1 atom stereocenters. The molecule has 1 unspecified atom stereocenters. The van der Waals surface area contributed by atoms with Crippen molar-refractivity contribution < 1.29 is 17.2 Å². The van der Waals surface area contributed by atoms with E-state index in [0.717, 1.165) is 0 Å².